The Kier molecular flexibility index (Phi) is 27.2. The van der Waals surface area contributed by atoms with E-state index in [4.69, 9.17) is 9.84 Å². The smallest absolute Gasteiger partial charge is 0.790 e. The molecule has 0 saturated heterocycles. The number of carbonyl (C=O) groups is 1. The molecule has 0 aliphatic heterocycles. The molecule has 1 atom stereocenters. The average molecular weight is 428 g/mol. The first-order valence-electron chi connectivity index (χ1n) is 8.93. The van der Waals surface area contributed by atoms with Crippen LogP contribution in [0.3, 0.4) is 0 Å². The van der Waals surface area contributed by atoms with E-state index in [9.17, 15) is 19.1 Å². The Hall–Kier alpha value is 1.50. The minimum absolute atomic E-state index is 0. The average Bonchev–Trinajstić information content (AvgIpc) is 2.55. The summed E-state index contributed by atoms with van der Waals surface area (Å²) in [6.45, 7) is 0.707. The van der Waals surface area contributed by atoms with Crippen LogP contribution in [0.5, 0.6) is 0 Å². The number of carbonyl (C=O) groups excluding carboxylic acids is 1. The van der Waals surface area contributed by atoms with E-state index < -0.39 is 33.3 Å². The van der Waals surface area contributed by atoms with Crippen molar-refractivity contribution < 1.29 is 97.4 Å². The molecule has 8 nitrogen and oxygen atoms in total. The van der Waals surface area contributed by atoms with Crippen LogP contribution in [0.4, 0.5) is 0 Å². The van der Waals surface area contributed by atoms with Crippen LogP contribution in [0.2, 0.25) is 0 Å². The zero-order chi connectivity index (χ0) is 19.0. The Morgan fingerprint density at radius 2 is 1.48 bits per heavy atom. The van der Waals surface area contributed by atoms with Gasteiger partial charge in [-0.25, -0.2) is 0 Å². The summed E-state index contributed by atoms with van der Waals surface area (Å²) < 4.78 is 24.2. The summed E-state index contributed by atoms with van der Waals surface area (Å²) in [6, 6.07) is 0. The number of rotatable bonds is 17. The molecule has 150 valence electrons. The second kappa shape index (κ2) is 22.2. The Balaban J connectivity index is -0.00000288. The van der Waals surface area contributed by atoms with Crippen molar-refractivity contribution in [2.75, 3.05) is 20.0 Å². The van der Waals surface area contributed by atoms with Gasteiger partial charge in [0.25, 0.3) is 0 Å². The van der Waals surface area contributed by atoms with E-state index in [0.29, 0.717) is 6.42 Å². The van der Waals surface area contributed by atoms with E-state index in [1.54, 1.807) is 0 Å². The molecule has 0 heterocycles. The monoisotopic (exact) mass is 428 g/mol. The van der Waals surface area contributed by atoms with Gasteiger partial charge < -0.3 is 33.5 Å². The van der Waals surface area contributed by atoms with Crippen LogP contribution >= 0.6 is 7.82 Å². The Labute approximate surface area is 206 Å². The first kappa shape index (κ1) is 33.1. The molecular formula is C16H31Na2O8P. The Bertz CT molecular complexity index is 381. The van der Waals surface area contributed by atoms with Gasteiger partial charge in [0.05, 0.1) is 21.0 Å². The fourth-order valence-electron chi connectivity index (χ4n) is 2.30. The van der Waals surface area contributed by atoms with Crippen LogP contribution in [0, 0.1) is 0 Å². The molecule has 0 aromatic carbocycles. The maximum absolute atomic E-state index is 11.7. The van der Waals surface area contributed by atoms with Gasteiger partial charge in [-0.05, 0) is 6.42 Å². The molecule has 0 aromatic rings. The zero-order valence-corrected chi connectivity index (χ0v) is 21.9. The molecule has 0 fully saturated rings. The third kappa shape index (κ3) is 25.5. The third-order valence-corrected chi connectivity index (χ3v) is 4.06. The molecule has 0 rings (SSSR count). The molecule has 0 radical (unpaired) electrons. The van der Waals surface area contributed by atoms with Crippen LogP contribution in [-0.4, -0.2) is 37.2 Å². The minimum atomic E-state index is -5.15. The van der Waals surface area contributed by atoms with E-state index in [-0.39, 0.29) is 72.1 Å². The van der Waals surface area contributed by atoms with Crippen molar-refractivity contribution in [3.63, 3.8) is 0 Å². The van der Waals surface area contributed by atoms with Crippen molar-refractivity contribution in [1.29, 1.82) is 0 Å². The minimum Gasteiger partial charge on any atom is -0.790 e. The third-order valence-electron chi connectivity index (χ3n) is 3.60. The van der Waals surface area contributed by atoms with Gasteiger partial charge in [-0.15, -0.1) is 0 Å². The van der Waals surface area contributed by atoms with Crippen LogP contribution in [0.15, 0.2) is 0 Å². The van der Waals surface area contributed by atoms with Crippen LogP contribution < -0.4 is 68.9 Å². The number of esters is 1. The second-order valence-corrected chi connectivity index (χ2v) is 7.09. The molecule has 11 heteroatoms. The Morgan fingerprint density at radius 1 is 0.963 bits per heavy atom. The fourth-order valence-corrected chi connectivity index (χ4v) is 2.65. The van der Waals surface area contributed by atoms with Crippen molar-refractivity contribution in [3.8, 4) is 0 Å². The molecule has 27 heavy (non-hydrogen) atoms. The summed E-state index contributed by atoms with van der Waals surface area (Å²) in [5.74, 6) is -0.510. The van der Waals surface area contributed by atoms with Gasteiger partial charge >= 0.3 is 65.1 Å². The van der Waals surface area contributed by atoms with Crippen LogP contribution in [-0.2, 0) is 23.4 Å². The van der Waals surface area contributed by atoms with E-state index in [2.05, 4.69) is 16.2 Å². The molecule has 0 aliphatic rings. The Morgan fingerprint density at radius 3 is 1.96 bits per heavy atom. The van der Waals surface area contributed by atoms with Crippen LogP contribution in [0.25, 0.3) is 0 Å². The fraction of sp³-hybridized carbons (Fsp3) is 0.938. The number of aliphatic hydroxyl groups excluding tert-OH is 1. The normalized spacial score (nSPS) is 12.0. The summed E-state index contributed by atoms with van der Waals surface area (Å²) >= 11 is 0. The topological polar surface area (TPSA) is 128 Å². The predicted molar refractivity (Wildman–Crippen MR) is 88.3 cm³/mol. The van der Waals surface area contributed by atoms with E-state index in [1.807, 2.05) is 0 Å². The second-order valence-electron chi connectivity index (χ2n) is 5.93. The zero-order valence-electron chi connectivity index (χ0n) is 17.0. The van der Waals surface area contributed by atoms with Crippen molar-refractivity contribution in [2.45, 2.75) is 77.2 Å². The number of phosphoric ester groups is 1. The summed E-state index contributed by atoms with van der Waals surface area (Å²) in [4.78, 5) is 32.7. The molecule has 0 aromatic heterocycles. The predicted octanol–water partition coefficient (Wildman–Crippen LogP) is -4.36. The van der Waals surface area contributed by atoms with Gasteiger partial charge in [0, 0.05) is 6.42 Å². The largest absolute Gasteiger partial charge is 1.00 e. The molecule has 0 spiro atoms. The number of unbranched alkanes of at least 4 members (excludes halogenated alkanes) is 8. The van der Waals surface area contributed by atoms with E-state index in [1.165, 1.54) is 32.1 Å². The first-order chi connectivity index (χ1) is 11.9. The number of ether oxygens (including phenoxy) is 2. The van der Waals surface area contributed by atoms with Gasteiger partial charge in [-0.3, -0.25) is 4.79 Å². The molecule has 0 saturated carbocycles. The van der Waals surface area contributed by atoms with Crippen molar-refractivity contribution >= 4 is 13.8 Å². The SMILES string of the molecule is CCCCCCCCCCCC(=O)O[C@@H](COCO)COP(=O)([O-])[O-].[Na+].[Na+]. The van der Waals surface area contributed by atoms with Gasteiger partial charge in [0.1, 0.15) is 12.9 Å². The molecule has 0 bridgehead atoms. The van der Waals surface area contributed by atoms with Crippen molar-refractivity contribution in [2.24, 2.45) is 0 Å². The summed E-state index contributed by atoms with van der Waals surface area (Å²) in [5.41, 5.74) is 0. The summed E-state index contributed by atoms with van der Waals surface area (Å²) in [5, 5.41) is 8.59. The van der Waals surface area contributed by atoms with Crippen LogP contribution in [0.1, 0.15) is 71.1 Å². The number of phosphoric acid groups is 1. The number of aliphatic hydroxyl groups is 1. The first-order valence-corrected chi connectivity index (χ1v) is 10.4. The standard InChI is InChI=1S/C16H33O8P.2Na/c1-2-3-4-5-6-7-8-9-10-11-16(18)24-15(12-22-14-17)13-23-25(19,20)21;;/h15,17H,2-14H2,1H3,(H2,19,20,21);;/q;2*+1/p-2/t15-;;/m0../s1. The maximum atomic E-state index is 11.7. The van der Waals surface area contributed by atoms with Gasteiger partial charge in [0.2, 0.25) is 0 Å². The van der Waals surface area contributed by atoms with E-state index >= 15 is 0 Å². The molecule has 0 aliphatic carbocycles. The van der Waals surface area contributed by atoms with Crippen molar-refractivity contribution in [1.82, 2.24) is 0 Å². The molecule has 0 amide bonds. The molecule has 1 N–H and O–H groups in total. The number of hydrogen-bond acceptors (Lipinski definition) is 8. The summed E-state index contributed by atoms with van der Waals surface area (Å²) in [7, 11) is -5.15. The molecular weight excluding hydrogens is 397 g/mol. The maximum Gasteiger partial charge on any atom is 1.00 e. The van der Waals surface area contributed by atoms with Gasteiger partial charge in [-0.2, -0.15) is 0 Å². The number of hydrogen-bond donors (Lipinski definition) is 1. The van der Waals surface area contributed by atoms with E-state index in [0.717, 1.165) is 19.3 Å². The summed E-state index contributed by atoms with van der Waals surface area (Å²) in [6.07, 6.45) is 9.25. The van der Waals surface area contributed by atoms with Gasteiger partial charge in [-0.1, -0.05) is 58.3 Å². The van der Waals surface area contributed by atoms with Gasteiger partial charge in [0.15, 0.2) is 0 Å². The quantitative estimate of drug-likeness (QED) is 0.0810. The van der Waals surface area contributed by atoms with Crippen molar-refractivity contribution in [3.05, 3.63) is 0 Å². The molecule has 0 unspecified atom stereocenters.